The van der Waals surface area contributed by atoms with Crippen molar-refractivity contribution in [3.63, 3.8) is 0 Å². The van der Waals surface area contributed by atoms with E-state index in [1.807, 2.05) is 0 Å². The molecule has 0 saturated heterocycles. The minimum absolute atomic E-state index is 1.25. The van der Waals surface area contributed by atoms with Gasteiger partial charge in [-0.05, 0) is 25.7 Å². The fourth-order valence-electron chi connectivity index (χ4n) is 2.26. The Morgan fingerprint density at radius 3 is 1.32 bits per heavy atom. The highest BCUT2D eigenvalue weighted by atomic mass is 13.9. The zero-order chi connectivity index (χ0) is 14.0. The molecular formula is C19H36. The molecule has 0 aliphatic carbocycles. The van der Waals surface area contributed by atoms with Gasteiger partial charge < -0.3 is 0 Å². The SMILES string of the molecule is CCCCCC/C=C/C=C\CCCCCCCCC. The van der Waals surface area contributed by atoms with E-state index in [-0.39, 0.29) is 0 Å². The normalized spacial score (nSPS) is 11.9. The zero-order valence-electron chi connectivity index (χ0n) is 13.5. The maximum Gasteiger partial charge on any atom is -0.0348 e. The molecule has 0 radical (unpaired) electrons. The van der Waals surface area contributed by atoms with Crippen LogP contribution in [0.25, 0.3) is 0 Å². The lowest BCUT2D eigenvalue weighted by Crippen LogP contribution is -1.78. The molecule has 0 nitrogen and oxygen atoms in total. The highest BCUT2D eigenvalue weighted by Gasteiger charge is 1.89. The lowest BCUT2D eigenvalue weighted by molar-refractivity contribution is 0.592. The second-order valence-electron chi connectivity index (χ2n) is 5.62. The van der Waals surface area contributed by atoms with Crippen LogP contribution in [0.4, 0.5) is 0 Å². The van der Waals surface area contributed by atoms with Gasteiger partial charge in [0.05, 0.1) is 0 Å². The van der Waals surface area contributed by atoms with E-state index in [1.54, 1.807) is 0 Å². The maximum absolute atomic E-state index is 2.33. The van der Waals surface area contributed by atoms with Crippen molar-refractivity contribution in [2.75, 3.05) is 0 Å². The van der Waals surface area contributed by atoms with Gasteiger partial charge in [-0.2, -0.15) is 0 Å². The average Bonchev–Trinajstić information content (AvgIpc) is 2.43. The third kappa shape index (κ3) is 17.5. The van der Waals surface area contributed by atoms with Crippen molar-refractivity contribution in [3.8, 4) is 0 Å². The first-order chi connectivity index (χ1) is 9.41. The van der Waals surface area contributed by atoms with Gasteiger partial charge in [-0.15, -0.1) is 0 Å². The molecule has 0 amide bonds. The van der Waals surface area contributed by atoms with Crippen LogP contribution in [-0.2, 0) is 0 Å². The van der Waals surface area contributed by atoms with E-state index < -0.39 is 0 Å². The largest absolute Gasteiger partial charge is 0.0845 e. The van der Waals surface area contributed by atoms with Crippen molar-refractivity contribution in [1.82, 2.24) is 0 Å². The first-order valence-electron chi connectivity index (χ1n) is 8.73. The van der Waals surface area contributed by atoms with Crippen LogP contribution in [0.5, 0.6) is 0 Å². The van der Waals surface area contributed by atoms with Crippen molar-refractivity contribution in [2.24, 2.45) is 0 Å². The first kappa shape index (κ1) is 18.5. The number of hydrogen-bond acceptors (Lipinski definition) is 0. The van der Waals surface area contributed by atoms with Gasteiger partial charge in [0.15, 0.2) is 0 Å². The summed E-state index contributed by atoms with van der Waals surface area (Å²) in [5.74, 6) is 0. The highest BCUT2D eigenvalue weighted by molar-refractivity contribution is 5.02. The van der Waals surface area contributed by atoms with Crippen LogP contribution < -0.4 is 0 Å². The van der Waals surface area contributed by atoms with Crippen LogP contribution in [0.1, 0.15) is 97.3 Å². The Morgan fingerprint density at radius 2 is 0.842 bits per heavy atom. The van der Waals surface area contributed by atoms with Crippen molar-refractivity contribution in [2.45, 2.75) is 97.3 Å². The molecule has 0 heteroatoms. The van der Waals surface area contributed by atoms with E-state index >= 15 is 0 Å². The van der Waals surface area contributed by atoms with E-state index in [9.17, 15) is 0 Å². The van der Waals surface area contributed by atoms with Gasteiger partial charge in [0.2, 0.25) is 0 Å². The third-order valence-corrected chi connectivity index (χ3v) is 3.58. The summed E-state index contributed by atoms with van der Waals surface area (Å²) < 4.78 is 0. The topological polar surface area (TPSA) is 0 Å². The Labute approximate surface area is 122 Å². The van der Waals surface area contributed by atoms with Crippen LogP contribution >= 0.6 is 0 Å². The summed E-state index contributed by atoms with van der Waals surface area (Å²) in [6, 6.07) is 0. The third-order valence-electron chi connectivity index (χ3n) is 3.58. The molecule has 112 valence electrons. The summed E-state index contributed by atoms with van der Waals surface area (Å²) in [4.78, 5) is 0. The van der Waals surface area contributed by atoms with Gasteiger partial charge in [-0.1, -0.05) is 95.9 Å². The van der Waals surface area contributed by atoms with Crippen LogP contribution in [-0.4, -0.2) is 0 Å². The van der Waals surface area contributed by atoms with E-state index in [1.165, 1.54) is 83.5 Å². The van der Waals surface area contributed by atoms with Crippen LogP contribution in [0.3, 0.4) is 0 Å². The average molecular weight is 264 g/mol. The maximum atomic E-state index is 2.33. The van der Waals surface area contributed by atoms with E-state index in [2.05, 4.69) is 38.2 Å². The van der Waals surface area contributed by atoms with Crippen LogP contribution in [0.2, 0.25) is 0 Å². The van der Waals surface area contributed by atoms with Crippen molar-refractivity contribution < 1.29 is 0 Å². The number of unbranched alkanes of at least 4 members (excludes halogenated alkanes) is 11. The van der Waals surface area contributed by atoms with Crippen LogP contribution in [0.15, 0.2) is 24.3 Å². The quantitative estimate of drug-likeness (QED) is 0.230. The number of allylic oxidation sites excluding steroid dienone is 4. The molecular weight excluding hydrogens is 228 g/mol. The molecule has 0 aromatic carbocycles. The zero-order valence-corrected chi connectivity index (χ0v) is 13.5. The summed E-state index contributed by atoms with van der Waals surface area (Å²) in [7, 11) is 0. The molecule has 0 bridgehead atoms. The summed E-state index contributed by atoms with van der Waals surface area (Å²) >= 11 is 0. The van der Waals surface area contributed by atoms with Gasteiger partial charge in [0, 0.05) is 0 Å². The number of hydrogen-bond donors (Lipinski definition) is 0. The molecule has 0 aliphatic heterocycles. The van der Waals surface area contributed by atoms with Gasteiger partial charge in [-0.25, -0.2) is 0 Å². The van der Waals surface area contributed by atoms with Gasteiger partial charge in [0.1, 0.15) is 0 Å². The summed E-state index contributed by atoms with van der Waals surface area (Å²) in [6.07, 6.45) is 27.0. The molecule has 0 saturated carbocycles. The standard InChI is InChI=1S/C19H36/c1-3-5-7-9-11-13-15-17-19-18-16-14-12-10-8-6-4-2/h13,15,17,19H,3-12,14,16,18H2,1-2H3/b15-13+,19-17-. The highest BCUT2D eigenvalue weighted by Crippen LogP contribution is 2.08. The van der Waals surface area contributed by atoms with Crippen molar-refractivity contribution in [3.05, 3.63) is 24.3 Å². The van der Waals surface area contributed by atoms with Crippen molar-refractivity contribution in [1.29, 1.82) is 0 Å². The molecule has 0 heterocycles. The van der Waals surface area contributed by atoms with Gasteiger partial charge >= 0.3 is 0 Å². The molecule has 0 spiro atoms. The lowest BCUT2D eigenvalue weighted by atomic mass is 10.1. The lowest BCUT2D eigenvalue weighted by Gasteiger charge is -1.98. The summed E-state index contributed by atoms with van der Waals surface area (Å²) in [5, 5.41) is 0. The van der Waals surface area contributed by atoms with Gasteiger partial charge in [-0.3, -0.25) is 0 Å². The second kappa shape index (κ2) is 17.5. The second-order valence-corrected chi connectivity index (χ2v) is 5.62. The molecule has 0 aromatic heterocycles. The predicted octanol–water partition coefficient (Wildman–Crippen LogP) is 7.21. The first-order valence-corrected chi connectivity index (χ1v) is 8.73. The van der Waals surface area contributed by atoms with E-state index in [0.29, 0.717) is 0 Å². The van der Waals surface area contributed by atoms with E-state index in [0.717, 1.165) is 0 Å². The Bertz CT molecular complexity index is 200. The fraction of sp³-hybridized carbons (Fsp3) is 0.789. The number of rotatable bonds is 14. The van der Waals surface area contributed by atoms with Crippen molar-refractivity contribution >= 4 is 0 Å². The fourth-order valence-corrected chi connectivity index (χ4v) is 2.26. The minimum Gasteiger partial charge on any atom is -0.0845 e. The van der Waals surface area contributed by atoms with E-state index in [4.69, 9.17) is 0 Å². The smallest absolute Gasteiger partial charge is 0.0348 e. The minimum atomic E-state index is 1.25. The van der Waals surface area contributed by atoms with Gasteiger partial charge in [0.25, 0.3) is 0 Å². The molecule has 0 rings (SSSR count). The Morgan fingerprint density at radius 1 is 0.474 bits per heavy atom. The molecule has 0 aromatic rings. The summed E-state index contributed by atoms with van der Waals surface area (Å²) in [6.45, 7) is 4.55. The molecule has 0 atom stereocenters. The monoisotopic (exact) mass is 264 g/mol. The predicted molar refractivity (Wildman–Crippen MR) is 89.6 cm³/mol. The summed E-state index contributed by atoms with van der Waals surface area (Å²) in [5.41, 5.74) is 0. The Kier molecular flexibility index (Phi) is 17.0. The molecule has 0 aliphatic rings. The Balaban J connectivity index is 3.14. The van der Waals surface area contributed by atoms with Crippen LogP contribution in [0, 0.1) is 0 Å². The molecule has 0 fully saturated rings. The molecule has 0 N–H and O–H groups in total. The molecule has 0 unspecified atom stereocenters. The molecule has 19 heavy (non-hydrogen) atoms. The Hall–Kier alpha value is -0.520.